The lowest BCUT2D eigenvalue weighted by atomic mass is 10.2. The summed E-state index contributed by atoms with van der Waals surface area (Å²) in [6.45, 7) is 7.60. The molecule has 0 unspecified atom stereocenters. The van der Waals surface area contributed by atoms with E-state index >= 15 is 0 Å². The summed E-state index contributed by atoms with van der Waals surface area (Å²) < 4.78 is 0. The van der Waals surface area contributed by atoms with Crippen LogP contribution in [-0.4, -0.2) is 47.6 Å². The first-order valence-corrected chi connectivity index (χ1v) is 7.07. The van der Waals surface area contributed by atoms with E-state index in [0.717, 1.165) is 43.6 Å². The molecule has 18 heavy (non-hydrogen) atoms. The van der Waals surface area contributed by atoms with Gasteiger partial charge in [0.2, 0.25) is 5.28 Å². The van der Waals surface area contributed by atoms with Crippen LogP contribution in [0.15, 0.2) is 6.07 Å². The van der Waals surface area contributed by atoms with Gasteiger partial charge in [-0.2, -0.15) is 0 Å². The van der Waals surface area contributed by atoms with Gasteiger partial charge in [0.15, 0.2) is 0 Å². The molecule has 0 N–H and O–H groups in total. The molecular formula is C13H19ClN4. The minimum Gasteiger partial charge on any atom is -0.354 e. The fourth-order valence-corrected chi connectivity index (χ4v) is 2.72. The first-order valence-electron chi connectivity index (χ1n) is 6.69. The standard InChI is InChI=1S/C13H19ClN4/c1-10-8-12(16-13(14)15-10)18-6-4-17(5-7-18)9-11-2-3-11/h8,11H,2-7,9H2,1H3. The topological polar surface area (TPSA) is 32.3 Å². The van der Waals surface area contributed by atoms with Crippen molar-refractivity contribution in [3.8, 4) is 0 Å². The number of rotatable bonds is 3. The summed E-state index contributed by atoms with van der Waals surface area (Å²) in [6.07, 6.45) is 2.86. The van der Waals surface area contributed by atoms with Gasteiger partial charge in [0, 0.05) is 44.5 Å². The Bertz CT molecular complexity index is 405. The molecule has 5 heteroatoms. The van der Waals surface area contributed by atoms with Crippen LogP contribution < -0.4 is 4.90 Å². The molecule has 1 aromatic rings. The molecule has 2 heterocycles. The minimum atomic E-state index is 0.352. The lowest BCUT2D eigenvalue weighted by Crippen LogP contribution is -2.47. The SMILES string of the molecule is Cc1cc(N2CCN(CC3CC3)CC2)nc(Cl)n1. The lowest BCUT2D eigenvalue weighted by molar-refractivity contribution is 0.247. The number of hydrogen-bond donors (Lipinski definition) is 0. The fourth-order valence-electron chi connectivity index (χ4n) is 2.50. The molecule has 0 aromatic carbocycles. The summed E-state index contributed by atoms with van der Waals surface area (Å²) >= 11 is 5.92. The van der Waals surface area contributed by atoms with E-state index in [2.05, 4.69) is 19.8 Å². The van der Waals surface area contributed by atoms with Crippen molar-refractivity contribution < 1.29 is 0 Å². The van der Waals surface area contributed by atoms with E-state index in [0.29, 0.717) is 5.28 Å². The smallest absolute Gasteiger partial charge is 0.224 e. The molecule has 1 aromatic heterocycles. The average molecular weight is 267 g/mol. The van der Waals surface area contributed by atoms with Gasteiger partial charge < -0.3 is 4.90 Å². The highest BCUT2D eigenvalue weighted by molar-refractivity contribution is 6.28. The lowest BCUT2D eigenvalue weighted by Gasteiger charge is -2.35. The summed E-state index contributed by atoms with van der Waals surface area (Å²) in [7, 11) is 0. The molecule has 1 saturated carbocycles. The maximum absolute atomic E-state index is 5.92. The summed E-state index contributed by atoms with van der Waals surface area (Å²) in [5, 5.41) is 0.352. The molecule has 0 atom stereocenters. The Labute approximate surface area is 113 Å². The highest BCUT2D eigenvalue weighted by Crippen LogP contribution is 2.30. The van der Waals surface area contributed by atoms with E-state index in [4.69, 9.17) is 11.6 Å². The molecule has 1 aliphatic heterocycles. The van der Waals surface area contributed by atoms with Crippen LogP contribution in [0.5, 0.6) is 0 Å². The van der Waals surface area contributed by atoms with Crippen LogP contribution in [0.4, 0.5) is 5.82 Å². The van der Waals surface area contributed by atoms with Crippen molar-refractivity contribution in [2.75, 3.05) is 37.6 Å². The summed E-state index contributed by atoms with van der Waals surface area (Å²) in [6, 6.07) is 2.02. The van der Waals surface area contributed by atoms with Crippen LogP contribution in [0.1, 0.15) is 18.5 Å². The van der Waals surface area contributed by atoms with Crippen LogP contribution in [0.3, 0.4) is 0 Å². The third-order valence-electron chi connectivity index (χ3n) is 3.72. The van der Waals surface area contributed by atoms with Gasteiger partial charge in [-0.05, 0) is 37.3 Å². The number of anilines is 1. The molecule has 0 amide bonds. The maximum atomic E-state index is 5.92. The van der Waals surface area contributed by atoms with Gasteiger partial charge in [0.05, 0.1) is 0 Å². The predicted octanol–water partition coefficient (Wildman–Crippen LogP) is 1.97. The molecule has 1 aliphatic carbocycles. The second-order valence-electron chi connectivity index (χ2n) is 5.37. The third-order valence-corrected chi connectivity index (χ3v) is 3.89. The minimum absolute atomic E-state index is 0.352. The van der Waals surface area contributed by atoms with Crippen LogP contribution in [0.2, 0.25) is 5.28 Å². The van der Waals surface area contributed by atoms with Crippen LogP contribution in [0.25, 0.3) is 0 Å². The van der Waals surface area contributed by atoms with Crippen LogP contribution in [0, 0.1) is 12.8 Å². The van der Waals surface area contributed by atoms with Crippen molar-refractivity contribution in [2.45, 2.75) is 19.8 Å². The molecule has 98 valence electrons. The number of hydrogen-bond acceptors (Lipinski definition) is 4. The first kappa shape index (κ1) is 12.2. The Balaban J connectivity index is 1.60. The van der Waals surface area contributed by atoms with E-state index in [-0.39, 0.29) is 0 Å². The van der Waals surface area contributed by atoms with Gasteiger partial charge >= 0.3 is 0 Å². The normalized spacial score (nSPS) is 21.3. The zero-order valence-corrected chi connectivity index (χ0v) is 11.5. The molecular weight excluding hydrogens is 248 g/mol. The first-order chi connectivity index (χ1) is 8.70. The Morgan fingerprint density at radius 3 is 2.56 bits per heavy atom. The molecule has 2 fully saturated rings. The van der Waals surface area contributed by atoms with E-state index < -0.39 is 0 Å². The summed E-state index contributed by atoms with van der Waals surface area (Å²) in [4.78, 5) is 13.3. The number of aryl methyl sites for hydroxylation is 1. The molecule has 0 radical (unpaired) electrons. The zero-order valence-electron chi connectivity index (χ0n) is 10.8. The average Bonchev–Trinajstić information content (AvgIpc) is 3.12. The predicted molar refractivity (Wildman–Crippen MR) is 73.2 cm³/mol. The Kier molecular flexibility index (Phi) is 3.39. The van der Waals surface area contributed by atoms with Crippen molar-refractivity contribution in [3.05, 3.63) is 17.0 Å². The summed E-state index contributed by atoms with van der Waals surface area (Å²) in [5.74, 6) is 1.95. The molecule has 2 aliphatic rings. The monoisotopic (exact) mass is 266 g/mol. The van der Waals surface area contributed by atoms with Gasteiger partial charge in [-0.25, -0.2) is 9.97 Å². The van der Waals surface area contributed by atoms with Crippen molar-refractivity contribution in [1.29, 1.82) is 0 Å². The van der Waals surface area contributed by atoms with Gasteiger partial charge in [0.25, 0.3) is 0 Å². The molecule has 3 rings (SSSR count). The Hall–Kier alpha value is -0.870. The third kappa shape index (κ3) is 2.93. The summed E-state index contributed by atoms with van der Waals surface area (Å²) in [5.41, 5.74) is 0.936. The number of aromatic nitrogens is 2. The number of nitrogens with zero attached hydrogens (tertiary/aromatic N) is 4. The van der Waals surface area contributed by atoms with Crippen molar-refractivity contribution in [1.82, 2.24) is 14.9 Å². The quantitative estimate of drug-likeness (QED) is 0.783. The van der Waals surface area contributed by atoms with Gasteiger partial charge in [0.1, 0.15) is 5.82 Å². The van der Waals surface area contributed by atoms with Crippen LogP contribution in [-0.2, 0) is 0 Å². The van der Waals surface area contributed by atoms with Crippen molar-refractivity contribution in [3.63, 3.8) is 0 Å². The fraction of sp³-hybridized carbons (Fsp3) is 0.692. The van der Waals surface area contributed by atoms with E-state index in [9.17, 15) is 0 Å². The van der Waals surface area contributed by atoms with Gasteiger partial charge in [-0.1, -0.05) is 0 Å². The highest BCUT2D eigenvalue weighted by atomic mass is 35.5. The van der Waals surface area contributed by atoms with Crippen molar-refractivity contribution >= 4 is 17.4 Å². The molecule has 0 bridgehead atoms. The highest BCUT2D eigenvalue weighted by Gasteiger charge is 2.26. The Morgan fingerprint density at radius 2 is 1.94 bits per heavy atom. The van der Waals surface area contributed by atoms with Crippen molar-refractivity contribution in [2.24, 2.45) is 5.92 Å². The van der Waals surface area contributed by atoms with Gasteiger partial charge in [-0.15, -0.1) is 0 Å². The molecule has 1 saturated heterocycles. The molecule has 0 spiro atoms. The Morgan fingerprint density at radius 1 is 1.22 bits per heavy atom. The van der Waals surface area contributed by atoms with Gasteiger partial charge in [-0.3, -0.25) is 4.90 Å². The largest absolute Gasteiger partial charge is 0.354 e. The molecule has 4 nitrogen and oxygen atoms in total. The van der Waals surface area contributed by atoms with E-state index in [1.54, 1.807) is 0 Å². The van der Waals surface area contributed by atoms with Crippen LogP contribution >= 0.6 is 11.6 Å². The van der Waals surface area contributed by atoms with E-state index in [1.165, 1.54) is 19.4 Å². The number of piperazine rings is 1. The second-order valence-corrected chi connectivity index (χ2v) is 5.71. The number of halogens is 1. The zero-order chi connectivity index (χ0) is 12.5. The second kappa shape index (κ2) is 5.02. The maximum Gasteiger partial charge on any atom is 0.224 e. The van der Waals surface area contributed by atoms with E-state index in [1.807, 2.05) is 13.0 Å².